The Kier molecular flexibility index (Phi) is 6.03. The van der Waals surface area contributed by atoms with Crippen molar-refractivity contribution in [1.82, 2.24) is 30.3 Å². The van der Waals surface area contributed by atoms with Gasteiger partial charge in [-0.1, -0.05) is 38.1 Å². The molecule has 1 aliphatic heterocycles. The van der Waals surface area contributed by atoms with E-state index in [1.165, 1.54) is 4.90 Å². The van der Waals surface area contributed by atoms with Crippen molar-refractivity contribution in [3.05, 3.63) is 58.6 Å². The molecule has 0 saturated heterocycles. The maximum absolute atomic E-state index is 12.9. The lowest BCUT2D eigenvalue weighted by Crippen LogP contribution is -2.32. The van der Waals surface area contributed by atoms with Gasteiger partial charge in [0.15, 0.2) is 0 Å². The standard InChI is InChI=1S/C22H23ClN6O4/c1-22(2,3)19-27-17(28-33-19)18(30)25-16-7-9-29(21(31)32)11-13-10-12(4-5-14(13)16)15-6-8-24-20(23)26-15/h4-6,8,10,16H,7,9,11H2,1-3H3,(H,25,30)(H,31,32). The van der Waals surface area contributed by atoms with Crippen LogP contribution in [-0.4, -0.2) is 48.7 Å². The van der Waals surface area contributed by atoms with Gasteiger partial charge in [0.05, 0.1) is 11.7 Å². The molecule has 33 heavy (non-hydrogen) atoms. The van der Waals surface area contributed by atoms with Gasteiger partial charge in [0, 0.05) is 30.3 Å². The summed E-state index contributed by atoms with van der Waals surface area (Å²) in [5, 5.41) is 16.5. The van der Waals surface area contributed by atoms with Gasteiger partial charge in [0.25, 0.3) is 11.7 Å². The Morgan fingerprint density at radius 1 is 1.24 bits per heavy atom. The molecule has 2 aromatic heterocycles. The zero-order chi connectivity index (χ0) is 23.8. The van der Waals surface area contributed by atoms with Crippen molar-refractivity contribution in [2.45, 2.75) is 45.2 Å². The van der Waals surface area contributed by atoms with Crippen LogP contribution in [0.25, 0.3) is 11.3 Å². The number of carbonyl (C=O) groups excluding carboxylic acids is 1. The first kappa shape index (κ1) is 22.7. The lowest BCUT2D eigenvalue weighted by molar-refractivity contribution is 0.0919. The Morgan fingerprint density at radius 3 is 2.70 bits per heavy atom. The maximum Gasteiger partial charge on any atom is 0.407 e. The van der Waals surface area contributed by atoms with Crippen LogP contribution in [0.1, 0.15) is 60.9 Å². The van der Waals surface area contributed by atoms with Crippen LogP contribution in [0.2, 0.25) is 5.28 Å². The number of carbonyl (C=O) groups is 2. The Bertz CT molecular complexity index is 1210. The number of fused-ring (bicyclic) bond motifs is 1. The van der Waals surface area contributed by atoms with E-state index in [0.29, 0.717) is 18.0 Å². The van der Waals surface area contributed by atoms with E-state index >= 15 is 0 Å². The Labute approximate surface area is 195 Å². The summed E-state index contributed by atoms with van der Waals surface area (Å²) in [7, 11) is 0. The summed E-state index contributed by atoms with van der Waals surface area (Å²) in [6.07, 6.45) is 0.921. The fraction of sp³-hybridized carbons (Fsp3) is 0.364. The van der Waals surface area contributed by atoms with Crippen LogP contribution in [-0.2, 0) is 12.0 Å². The van der Waals surface area contributed by atoms with Gasteiger partial charge in [-0.05, 0) is 41.3 Å². The van der Waals surface area contributed by atoms with E-state index in [1.807, 2.05) is 39.0 Å². The molecule has 1 atom stereocenters. The summed E-state index contributed by atoms with van der Waals surface area (Å²) in [4.78, 5) is 38.2. The maximum atomic E-state index is 12.9. The van der Waals surface area contributed by atoms with Crippen LogP contribution in [0, 0.1) is 0 Å². The molecular weight excluding hydrogens is 448 g/mol. The van der Waals surface area contributed by atoms with Crippen molar-refractivity contribution in [3.8, 4) is 11.3 Å². The summed E-state index contributed by atoms with van der Waals surface area (Å²) in [5.41, 5.74) is 2.57. The number of benzene rings is 1. The monoisotopic (exact) mass is 470 g/mol. The fourth-order valence-electron chi connectivity index (χ4n) is 3.62. The second kappa shape index (κ2) is 8.78. The zero-order valence-corrected chi connectivity index (χ0v) is 19.1. The number of nitrogens with zero attached hydrogens (tertiary/aromatic N) is 5. The largest absolute Gasteiger partial charge is 0.465 e. The normalized spacial score (nSPS) is 16.1. The molecule has 2 N–H and O–H groups in total. The first-order valence-corrected chi connectivity index (χ1v) is 10.7. The fourth-order valence-corrected chi connectivity index (χ4v) is 3.77. The van der Waals surface area contributed by atoms with Crippen LogP contribution < -0.4 is 5.32 Å². The van der Waals surface area contributed by atoms with Gasteiger partial charge in [-0.2, -0.15) is 4.98 Å². The van der Waals surface area contributed by atoms with Gasteiger partial charge < -0.3 is 19.8 Å². The summed E-state index contributed by atoms with van der Waals surface area (Å²) in [5.74, 6) is -0.187. The predicted octanol–water partition coefficient (Wildman–Crippen LogP) is 3.83. The molecule has 4 rings (SSSR count). The van der Waals surface area contributed by atoms with Crippen molar-refractivity contribution in [3.63, 3.8) is 0 Å². The molecule has 0 fully saturated rings. The third-order valence-corrected chi connectivity index (χ3v) is 5.52. The number of rotatable bonds is 3. The van der Waals surface area contributed by atoms with Crippen LogP contribution >= 0.6 is 11.6 Å². The van der Waals surface area contributed by atoms with Crippen molar-refractivity contribution >= 4 is 23.6 Å². The average Bonchev–Trinajstić information content (AvgIpc) is 3.19. The highest BCUT2D eigenvalue weighted by Crippen LogP contribution is 2.31. The first-order chi connectivity index (χ1) is 15.6. The van der Waals surface area contributed by atoms with E-state index in [9.17, 15) is 14.7 Å². The second-order valence-corrected chi connectivity index (χ2v) is 9.15. The minimum absolute atomic E-state index is 0.0620. The molecule has 10 nitrogen and oxygen atoms in total. The summed E-state index contributed by atoms with van der Waals surface area (Å²) >= 11 is 5.92. The van der Waals surface area contributed by atoms with Gasteiger partial charge >= 0.3 is 6.09 Å². The number of hydrogen-bond acceptors (Lipinski definition) is 7. The third-order valence-electron chi connectivity index (χ3n) is 5.34. The highest BCUT2D eigenvalue weighted by atomic mass is 35.5. The average molecular weight is 471 g/mol. The number of nitrogens with one attached hydrogen (secondary N) is 1. The van der Waals surface area contributed by atoms with E-state index in [-0.39, 0.29) is 29.6 Å². The minimum Gasteiger partial charge on any atom is -0.465 e. The lowest BCUT2D eigenvalue weighted by Gasteiger charge is -2.18. The molecule has 0 bridgehead atoms. The topological polar surface area (TPSA) is 134 Å². The Hall–Kier alpha value is -3.53. The molecule has 2 amide bonds. The Balaban J connectivity index is 1.65. The summed E-state index contributed by atoms with van der Waals surface area (Å²) in [6.45, 7) is 6.16. The SMILES string of the molecule is CC(C)(C)c1nc(C(=O)NC2CCN(C(=O)O)Cc3cc(-c4ccnc(Cl)n4)ccc32)no1. The van der Waals surface area contributed by atoms with Gasteiger partial charge in [0.1, 0.15) is 0 Å². The third kappa shape index (κ3) is 4.95. The number of aromatic nitrogens is 4. The number of hydrogen-bond donors (Lipinski definition) is 2. The molecule has 1 unspecified atom stereocenters. The van der Waals surface area contributed by atoms with Gasteiger partial charge in [-0.3, -0.25) is 4.79 Å². The van der Waals surface area contributed by atoms with Crippen LogP contribution in [0.15, 0.2) is 35.0 Å². The molecule has 0 spiro atoms. The smallest absolute Gasteiger partial charge is 0.407 e. The molecule has 11 heteroatoms. The van der Waals surface area contributed by atoms with Crippen molar-refractivity contribution in [2.75, 3.05) is 6.54 Å². The van der Waals surface area contributed by atoms with Gasteiger partial charge in [-0.25, -0.2) is 14.8 Å². The number of carboxylic acid groups (broad SMARTS) is 1. The second-order valence-electron chi connectivity index (χ2n) is 8.82. The van der Waals surface area contributed by atoms with Crippen molar-refractivity contribution in [2.24, 2.45) is 0 Å². The predicted molar refractivity (Wildman–Crippen MR) is 119 cm³/mol. The van der Waals surface area contributed by atoms with Gasteiger partial charge in [-0.15, -0.1) is 0 Å². The van der Waals surface area contributed by atoms with E-state index in [2.05, 4.69) is 25.4 Å². The zero-order valence-electron chi connectivity index (χ0n) is 18.4. The number of halogens is 1. The lowest BCUT2D eigenvalue weighted by atomic mass is 9.96. The highest BCUT2D eigenvalue weighted by molar-refractivity contribution is 6.28. The Morgan fingerprint density at radius 2 is 2.03 bits per heavy atom. The van der Waals surface area contributed by atoms with Crippen molar-refractivity contribution < 1.29 is 19.2 Å². The molecule has 3 aromatic rings. The van der Waals surface area contributed by atoms with E-state index in [1.54, 1.807) is 12.3 Å². The quantitative estimate of drug-likeness (QED) is 0.551. The van der Waals surface area contributed by atoms with Crippen molar-refractivity contribution in [1.29, 1.82) is 0 Å². The molecular formula is C22H23ClN6O4. The molecule has 0 aliphatic carbocycles. The van der Waals surface area contributed by atoms with Crippen LogP contribution in [0.5, 0.6) is 0 Å². The van der Waals surface area contributed by atoms with E-state index < -0.39 is 18.0 Å². The highest BCUT2D eigenvalue weighted by Gasteiger charge is 2.29. The molecule has 1 aliphatic rings. The molecule has 172 valence electrons. The molecule has 3 heterocycles. The summed E-state index contributed by atoms with van der Waals surface area (Å²) in [6, 6.07) is 6.88. The van der Waals surface area contributed by atoms with E-state index in [0.717, 1.165) is 16.7 Å². The van der Waals surface area contributed by atoms with E-state index in [4.69, 9.17) is 16.1 Å². The van der Waals surface area contributed by atoms with Crippen LogP contribution in [0.3, 0.4) is 0 Å². The van der Waals surface area contributed by atoms with Gasteiger partial charge in [0.2, 0.25) is 11.2 Å². The molecule has 0 saturated carbocycles. The van der Waals surface area contributed by atoms with Crippen LogP contribution in [0.4, 0.5) is 4.79 Å². The first-order valence-electron chi connectivity index (χ1n) is 10.4. The molecule has 1 aromatic carbocycles. The molecule has 0 radical (unpaired) electrons. The summed E-state index contributed by atoms with van der Waals surface area (Å²) < 4.78 is 5.23. The minimum atomic E-state index is -1.03. The number of amides is 2.